The summed E-state index contributed by atoms with van der Waals surface area (Å²) in [6.07, 6.45) is 6.21. The van der Waals surface area contributed by atoms with Gasteiger partial charge in [-0.15, -0.1) is 11.3 Å². The van der Waals surface area contributed by atoms with Crippen molar-refractivity contribution in [2.75, 3.05) is 0 Å². The summed E-state index contributed by atoms with van der Waals surface area (Å²) in [5, 5.41) is 6.06. The van der Waals surface area contributed by atoms with E-state index >= 15 is 0 Å². The zero-order chi connectivity index (χ0) is 17.1. The molecule has 1 atom stereocenters. The Morgan fingerprint density at radius 2 is 2.04 bits per heavy atom. The minimum Gasteiger partial charge on any atom is -0.349 e. The number of benzene rings is 1. The van der Waals surface area contributed by atoms with Gasteiger partial charge in [0.05, 0.1) is 18.2 Å². The molecule has 1 aromatic carbocycles. The number of carbonyl (C=O) groups is 1. The summed E-state index contributed by atoms with van der Waals surface area (Å²) in [6, 6.07) is 14.2. The lowest BCUT2D eigenvalue weighted by Gasteiger charge is -2.18. The minimum absolute atomic E-state index is 0.0313. The van der Waals surface area contributed by atoms with Gasteiger partial charge < -0.3 is 5.32 Å². The van der Waals surface area contributed by atoms with E-state index in [2.05, 4.69) is 27.4 Å². The first-order valence-electron chi connectivity index (χ1n) is 8.49. The molecule has 1 unspecified atom stereocenters. The molecule has 2 aromatic heterocycles. The number of nitrogens with one attached hydrogen (secondary N) is 1. The van der Waals surface area contributed by atoms with Crippen LogP contribution in [0.3, 0.4) is 0 Å². The van der Waals surface area contributed by atoms with E-state index in [-0.39, 0.29) is 11.9 Å². The molecule has 4 rings (SSSR count). The van der Waals surface area contributed by atoms with Crippen LogP contribution in [0.25, 0.3) is 10.6 Å². The van der Waals surface area contributed by atoms with Gasteiger partial charge in [0, 0.05) is 23.3 Å². The zero-order valence-electron chi connectivity index (χ0n) is 13.8. The number of rotatable bonds is 6. The van der Waals surface area contributed by atoms with Crippen LogP contribution < -0.4 is 5.32 Å². The van der Waals surface area contributed by atoms with Crippen molar-refractivity contribution in [3.8, 4) is 10.6 Å². The van der Waals surface area contributed by atoms with Crippen molar-refractivity contribution in [1.82, 2.24) is 15.3 Å². The van der Waals surface area contributed by atoms with Crippen molar-refractivity contribution < 1.29 is 4.79 Å². The van der Waals surface area contributed by atoms with E-state index in [4.69, 9.17) is 0 Å². The Morgan fingerprint density at radius 3 is 2.76 bits per heavy atom. The number of amides is 1. The summed E-state index contributed by atoms with van der Waals surface area (Å²) >= 11 is 1.55. The van der Waals surface area contributed by atoms with Crippen LogP contribution in [0.4, 0.5) is 0 Å². The van der Waals surface area contributed by atoms with Crippen LogP contribution >= 0.6 is 11.3 Å². The first-order valence-corrected chi connectivity index (χ1v) is 9.36. The van der Waals surface area contributed by atoms with Crippen LogP contribution in [0.1, 0.15) is 30.1 Å². The van der Waals surface area contributed by atoms with Crippen molar-refractivity contribution in [3.63, 3.8) is 0 Å². The smallest absolute Gasteiger partial charge is 0.226 e. The van der Waals surface area contributed by atoms with Crippen LogP contribution in [0.5, 0.6) is 0 Å². The Bertz CT molecular complexity index is 844. The van der Waals surface area contributed by atoms with E-state index < -0.39 is 0 Å². The fourth-order valence-corrected chi connectivity index (χ4v) is 3.77. The van der Waals surface area contributed by atoms with Crippen LogP contribution in [0.15, 0.2) is 60.2 Å². The SMILES string of the molecule is O=C(Cc1csc(-c2cccnc2)n1)NC(c1ccccc1)C1CC1. The first-order chi connectivity index (χ1) is 12.3. The summed E-state index contributed by atoms with van der Waals surface area (Å²) in [7, 11) is 0. The topological polar surface area (TPSA) is 54.9 Å². The number of thiazole rings is 1. The fourth-order valence-electron chi connectivity index (χ4n) is 2.96. The molecule has 1 N–H and O–H groups in total. The van der Waals surface area contributed by atoms with Crippen LogP contribution in [0, 0.1) is 5.92 Å². The van der Waals surface area contributed by atoms with Crippen molar-refractivity contribution in [1.29, 1.82) is 0 Å². The average molecular weight is 349 g/mol. The van der Waals surface area contributed by atoms with Crippen molar-refractivity contribution in [2.45, 2.75) is 25.3 Å². The third kappa shape index (κ3) is 3.94. The molecular formula is C20H19N3OS. The predicted octanol–water partition coefficient (Wildman–Crippen LogP) is 4.02. The lowest BCUT2D eigenvalue weighted by molar-refractivity contribution is -0.121. The average Bonchev–Trinajstić information content (AvgIpc) is 3.40. The number of aromatic nitrogens is 2. The van der Waals surface area contributed by atoms with Crippen LogP contribution in [-0.4, -0.2) is 15.9 Å². The molecule has 0 spiro atoms. The van der Waals surface area contributed by atoms with Gasteiger partial charge >= 0.3 is 0 Å². The molecule has 25 heavy (non-hydrogen) atoms. The minimum atomic E-state index is 0.0313. The lowest BCUT2D eigenvalue weighted by atomic mass is 10.0. The molecule has 0 bridgehead atoms. The normalized spacial score (nSPS) is 14.9. The molecule has 4 nitrogen and oxygen atoms in total. The molecule has 1 aliphatic carbocycles. The second-order valence-corrected chi connectivity index (χ2v) is 7.21. The summed E-state index contributed by atoms with van der Waals surface area (Å²) in [6.45, 7) is 0. The molecular weight excluding hydrogens is 330 g/mol. The molecule has 0 radical (unpaired) electrons. The maximum atomic E-state index is 12.5. The lowest BCUT2D eigenvalue weighted by Crippen LogP contribution is -2.31. The highest BCUT2D eigenvalue weighted by molar-refractivity contribution is 7.13. The van der Waals surface area contributed by atoms with Gasteiger partial charge in [-0.3, -0.25) is 9.78 Å². The van der Waals surface area contributed by atoms with E-state index in [1.54, 1.807) is 23.7 Å². The molecule has 3 aromatic rings. The molecule has 126 valence electrons. The second-order valence-electron chi connectivity index (χ2n) is 6.36. The molecule has 1 fully saturated rings. The van der Waals surface area contributed by atoms with E-state index in [1.165, 1.54) is 18.4 Å². The Morgan fingerprint density at radius 1 is 1.20 bits per heavy atom. The van der Waals surface area contributed by atoms with Gasteiger partial charge in [0.25, 0.3) is 0 Å². The fraction of sp³-hybridized carbons (Fsp3) is 0.250. The molecule has 0 aliphatic heterocycles. The van der Waals surface area contributed by atoms with E-state index in [1.807, 2.05) is 35.7 Å². The molecule has 1 aliphatic rings. The van der Waals surface area contributed by atoms with Gasteiger partial charge in [0.2, 0.25) is 5.91 Å². The van der Waals surface area contributed by atoms with E-state index in [9.17, 15) is 4.79 Å². The Kier molecular flexibility index (Phi) is 4.57. The van der Waals surface area contributed by atoms with Gasteiger partial charge in [0.15, 0.2) is 0 Å². The first kappa shape index (κ1) is 16.0. The largest absolute Gasteiger partial charge is 0.349 e. The van der Waals surface area contributed by atoms with Gasteiger partial charge in [-0.1, -0.05) is 30.3 Å². The molecule has 1 saturated carbocycles. The standard InChI is InChI=1S/C20H19N3OS/c24-18(23-19(15-8-9-15)14-5-2-1-3-6-14)11-17-13-25-20(22-17)16-7-4-10-21-12-16/h1-7,10,12-13,15,19H,8-9,11H2,(H,23,24). The molecule has 2 heterocycles. The number of nitrogens with zero attached hydrogens (tertiary/aromatic N) is 2. The summed E-state index contributed by atoms with van der Waals surface area (Å²) in [4.78, 5) is 21.2. The van der Waals surface area contributed by atoms with Crippen LogP contribution in [-0.2, 0) is 11.2 Å². The molecule has 0 saturated heterocycles. The quantitative estimate of drug-likeness (QED) is 0.731. The number of hydrogen-bond donors (Lipinski definition) is 1. The maximum absolute atomic E-state index is 12.5. The predicted molar refractivity (Wildman–Crippen MR) is 99.1 cm³/mol. The van der Waals surface area contributed by atoms with E-state index in [0.717, 1.165) is 16.3 Å². The highest BCUT2D eigenvalue weighted by Crippen LogP contribution is 2.41. The van der Waals surface area contributed by atoms with Gasteiger partial charge in [0.1, 0.15) is 5.01 Å². The van der Waals surface area contributed by atoms with Crippen molar-refractivity contribution in [3.05, 3.63) is 71.5 Å². The van der Waals surface area contributed by atoms with Gasteiger partial charge in [-0.2, -0.15) is 0 Å². The van der Waals surface area contributed by atoms with Gasteiger partial charge in [-0.25, -0.2) is 4.98 Å². The zero-order valence-corrected chi connectivity index (χ0v) is 14.6. The van der Waals surface area contributed by atoms with Crippen LogP contribution in [0.2, 0.25) is 0 Å². The Hall–Kier alpha value is -2.53. The third-order valence-electron chi connectivity index (χ3n) is 4.37. The Balaban J connectivity index is 1.43. The summed E-state index contributed by atoms with van der Waals surface area (Å²) in [5.74, 6) is 0.594. The Labute approximate surface area is 151 Å². The highest BCUT2D eigenvalue weighted by atomic mass is 32.1. The number of hydrogen-bond acceptors (Lipinski definition) is 4. The highest BCUT2D eigenvalue weighted by Gasteiger charge is 2.33. The van der Waals surface area contributed by atoms with Crippen molar-refractivity contribution >= 4 is 17.2 Å². The summed E-state index contributed by atoms with van der Waals surface area (Å²) < 4.78 is 0. The summed E-state index contributed by atoms with van der Waals surface area (Å²) in [5.41, 5.74) is 2.98. The maximum Gasteiger partial charge on any atom is 0.226 e. The second kappa shape index (κ2) is 7.15. The third-order valence-corrected chi connectivity index (χ3v) is 5.31. The monoisotopic (exact) mass is 349 g/mol. The van der Waals surface area contributed by atoms with E-state index in [0.29, 0.717) is 12.3 Å². The number of carbonyl (C=O) groups excluding carboxylic acids is 1. The molecule has 5 heteroatoms. The van der Waals surface area contributed by atoms with Gasteiger partial charge in [-0.05, 0) is 36.5 Å². The van der Waals surface area contributed by atoms with Crippen molar-refractivity contribution in [2.24, 2.45) is 5.92 Å². The number of pyridine rings is 1. The molecule has 1 amide bonds.